The van der Waals surface area contributed by atoms with Gasteiger partial charge in [0.1, 0.15) is 5.41 Å². The Kier molecular flexibility index (Phi) is 10.5. The first-order valence-electron chi connectivity index (χ1n) is 10.6. The highest BCUT2D eigenvalue weighted by Crippen LogP contribution is 2.38. The lowest BCUT2D eigenvalue weighted by atomic mass is 9.68. The normalized spacial score (nSPS) is 16.5. The Morgan fingerprint density at radius 3 is 2.29 bits per heavy atom. The summed E-state index contributed by atoms with van der Waals surface area (Å²) < 4.78 is 0. The van der Waals surface area contributed by atoms with Crippen LogP contribution in [0.5, 0.6) is 0 Å². The van der Waals surface area contributed by atoms with Crippen LogP contribution >= 0.6 is 0 Å². The topological polar surface area (TPSA) is 148 Å². The van der Waals surface area contributed by atoms with E-state index in [0.717, 1.165) is 11.1 Å². The number of allylic oxidation sites excluding steroid dienone is 2. The van der Waals surface area contributed by atoms with Crippen molar-refractivity contribution < 1.29 is 19.6 Å². The summed E-state index contributed by atoms with van der Waals surface area (Å²) in [6.07, 6.45) is 3.15. The van der Waals surface area contributed by atoms with E-state index < -0.39 is 40.9 Å². The lowest BCUT2D eigenvalue weighted by Crippen LogP contribution is -2.54. The van der Waals surface area contributed by atoms with Crippen molar-refractivity contribution in [3.05, 3.63) is 42.0 Å². The maximum absolute atomic E-state index is 13.0. The number of nitrogens with one attached hydrogen (secondary N) is 2. The number of hydrogen-bond acceptors (Lipinski definition) is 6. The van der Waals surface area contributed by atoms with Gasteiger partial charge in [0.2, 0.25) is 11.8 Å². The van der Waals surface area contributed by atoms with E-state index in [1.165, 1.54) is 6.92 Å². The Morgan fingerprint density at radius 2 is 1.81 bits per heavy atom. The van der Waals surface area contributed by atoms with Gasteiger partial charge in [-0.1, -0.05) is 56.7 Å². The van der Waals surface area contributed by atoms with Gasteiger partial charge in [0.15, 0.2) is 5.78 Å². The molecule has 0 saturated carbocycles. The van der Waals surface area contributed by atoms with Crippen LogP contribution in [0.1, 0.15) is 58.9 Å². The molecule has 0 aliphatic rings. The minimum atomic E-state index is -1.44. The molecular weight excluding hydrogens is 396 g/mol. The van der Waals surface area contributed by atoms with Crippen molar-refractivity contribution in [3.63, 3.8) is 0 Å². The lowest BCUT2D eigenvalue weighted by Gasteiger charge is -2.35. The summed E-state index contributed by atoms with van der Waals surface area (Å²) in [7, 11) is 0. The van der Waals surface area contributed by atoms with Gasteiger partial charge in [0, 0.05) is 5.92 Å². The van der Waals surface area contributed by atoms with Crippen molar-refractivity contribution in [3.8, 4) is 0 Å². The molecule has 8 nitrogen and oxygen atoms in total. The molecule has 1 rings (SSSR count). The zero-order valence-electron chi connectivity index (χ0n) is 18.9. The third-order valence-corrected chi connectivity index (χ3v) is 5.84. The Labute approximate surface area is 184 Å². The van der Waals surface area contributed by atoms with Crippen molar-refractivity contribution in [1.29, 1.82) is 0 Å². The SMILES string of the molecule is CCCC(C[C@@H](C)[C@H](C/C=C(\C)c1ccccc1)C(=O)NO)(C(=O)NN)C(=O)[C@@H](C)N. The fraction of sp³-hybridized carbons (Fsp3) is 0.522. The van der Waals surface area contributed by atoms with Gasteiger partial charge in [0.25, 0.3) is 0 Å². The average Bonchev–Trinajstić information content (AvgIpc) is 2.77. The molecule has 31 heavy (non-hydrogen) atoms. The van der Waals surface area contributed by atoms with Crippen molar-refractivity contribution >= 4 is 23.2 Å². The van der Waals surface area contributed by atoms with Gasteiger partial charge in [0.05, 0.1) is 6.04 Å². The highest BCUT2D eigenvalue weighted by atomic mass is 16.5. The van der Waals surface area contributed by atoms with Crippen LogP contribution in [0, 0.1) is 17.3 Å². The number of ketones is 1. The predicted molar refractivity (Wildman–Crippen MR) is 120 cm³/mol. The first-order valence-corrected chi connectivity index (χ1v) is 10.6. The summed E-state index contributed by atoms with van der Waals surface area (Å²) in [4.78, 5) is 38.2. The van der Waals surface area contributed by atoms with Crippen LogP contribution in [-0.4, -0.2) is 28.8 Å². The Bertz CT molecular complexity index is 779. The van der Waals surface area contributed by atoms with E-state index in [9.17, 15) is 19.6 Å². The quantitative estimate of drug-likeness (QED) is 0.113. The van der Waals surface area contributed by atoms with Crippen LogP contribution in [0.2, 0.25) is 0 Å². The molecule has 2 amide bonds. The zero-order valence-corrected chi connectivity index (χ0v) is 18.9. The van der Waals surface area contributed by atoms with E-state index in [1.54, 1.807) is 12.4 Å². The number of carbonyl (C=O) groups excluding carboxylic acids is 3. The molecule has 8 heteroatoms. The molecule has 1 unspecified atom stereocenters. The third kappa shape index (κ3) is 6.72. The van der Waals surface area contributed by atoms with E-state index in [-0.39, 0.29) is 12.8 Å². The third-order valence-electron chi connectivity index (χ3n) is 5.84. The van der Waals surface area contributed by atoms with E-state index in [4.69, 9.17) is 11.6 Å². The minimum absolute atomic E-state index is 0.0839. The Morgan fingerprint density at radius 1 is 1.19 bits per heavy atom. The van der Waals surface area contributed by atoms with Crippen LogP contribution in [0.3, 0.4) is 0 Å². The van der Waals surface area contributed by atoms with Crippen LogP contribution in [0.15, 0.2) is 36.4 Å². The molecule has 7 N–H and O–H groups in total. The molecule has 0 spiro atoms. The largest absolute Gasteiger partial charge is 0.322 e. The molecule has 4 atom stereocenters. The fourth-order valence-electron chi connectivity index (χ4n) is 4.14. The molecule has 0 aromatic heterocycles. The lowest BCUT2D eigenvalue weighted by molar-refractivity contribution is -0.147. The molecular formula is C23H36N4O4. The summed E-state index contributed by atoms with van der Waals surface area (Å²) in [6, 6.07) is 8.85. The highest BCUT2D eigenvalue weighted by Gasteiger charge is 2.47. The van der Waals surface area contributed by atoms with Gasteiger partial charge < -0.3 is 5.73 Å². The summed E-state index contributed by atoms with van der Waals surface area (Å²) >= 11 is 0. The molecule has 0 fully saturated rings. The molecule has 1 aromatic carbocycles. The predicted octanol–water partition coefficient (Wildman–Crippen LogP) is 2.32. The van der Waals surface area contributed by atoms with Gasteiger partial charge in [-0.15, -0.1) is 0 Å². The first-order chi connectivity index (χ1) is 14.6. The molecule has 172 valence electrons. The van der Waals surface area contributed by atoms with Gasteiger partial charge in [-0.05, 0) is 50.2 Å². The van der Waals surface area contributed by atoms with Crippen molar-refractivity contribution in [2.24, 2.45) is 28.8 Å². The van der Waals surface area contributed by atoms with Gasteiger partial charge >= 0.3 is 0 Å². The van der Waals surface area contributed by atoms with Crippen LogP contribution in [0.4, 0.5) is 0 Å². The second kappa shape index (κ2) is 12.3. The Hall–Kier alpha value is -2.55. The summed E-state index contributed by atoms with van der Waals surface area (Å²) in [5.41, 5.74) is 10.2. The second-order valence-corrected chi connectivity index (χ2v) is 8.21. The first kappa shape index (κ1) is 26.5. The molecule has 0 aliphatic carbocycles. The second-order valence-electron chi connectivity index (χ2n) is 8.21. The van der Waals surface area contributed by atoms with Gasteiger partial charge in [-0.2, -0.15) is 0 Å². The maximum atomic E-state index is 13.0. The molecule has 1 aromatic rings. The van der Waals surface area contributed by atoms with Gasteiger partial charge in [-0.25, -0.2) is 11.3 Å². The highest BCUT2D eigenvalue weighted by molar-refractivity contribution is 6.08. The van der Waals surface area contributed by atoms with Crippen molar-refractivity contribution in [2.75, 3.05) is 0 Å². The van der Waals surface area contributed by atoms with Gasteiger partial charge in [-0.3, -0.25) is 25.0 Å². The fourth-order valence-corrected chi connectivity index (χ4v) is 4.14. The van der Waals surface area contributed by atoms with Crippen LogP contribution in [-0.2, 0) is 14.4 Å². The van der Waals surface area contributed by atoms with E-state index in [2.05, 4.69) is 5.43 Å². The molecule has 0 saturated heterocycles. The standard InChI is InChI=1S/C23H36N4O4/c1-5-13-23(22(30)26-25,20(28)17(4)24)14-16(3)19(21(29)27-31)12-11-15(2)18-9-7-6-8-10-18/h6-11,16-17,19,31H,5,12-14,24-25H2,1-4H3,(H,26,30)(H,27,29)/b15-11+/t16-,17-,19+,23?/m1/s1. The van der Waals surface area contributed by atoms with E-state index in [1.807, 2.05) is 50.3 Å². The summed E-state index contributed by atoms with van der Waals surface area (Å²) in [5, 5.41) is 9.28. The smallest absolute Gasteiger partial charge is 0.247 e. The molecule has 0 bridgehead atoms. The number of hydroxylamine groups is 1. The number of amides is 2. The number of rotatable bonds is 12. The van der Waals surface area contributed by atoms with Crippen molar-refractivity contribution in [2.45, 2.75) is 59.4 Å². The number of nitrogens with two attached hydrogens (primary N) is 2. The number of benzene rings is 1. The summed E-state index contributed by atoms with van der Waals surface area (Å²) in [5.74, 6) is 2.73. The molecule has 0 radical (unpaired) electrons. The van der Waals surface area contributed by atoms with Crippen molar-refractivity contribution in [1.82, 2.24) is 10.9 Å². The van der Waals surface area contributed by atoms with E-state index in [0.29, 0.717) is 12.8 Å². The number of Topliss-reactive ketones (excluding diaryl/α,β-unsaturated/α-hetero) is 1. The number of hydrogen-bond donors (Lipinski definition) is 5. The Balaban J connectivity index is 3.25. The summed E-state index contributed by atoms with van der Waals surface area (Å²) in [6.45, 7) is 7.12. The number of carbonyl (C=O) groups is 3. The monoisotopic (exact) mass is 432 g/mol. The van der Waals surface area contributed by atoms with E-state index >= 15 is 0 Å². The average molecular weight is 433 g/mol. The maximum Gasteiger partial charge on any atom is 0.247 e. The molecule has 0 heterocycles. The number of hydrazine groups is 1. The van der Waals surface area contributed by atoms with Crippen LogP contribution < -0.4 is 22.5 Å². The zero-order chi connectivity index (χ0) is 23.6. The minimum Gasteiger partial charge on any atom is -0.322 e. The molecule has 0 aliphatic heterocycles. The van der Waals surface area contributed by atoms with Crippen LogP contribution in [0.25, 0.3) is 5.57 Å².